The van der Waals surface area contributed by atoms with Gasteiger partial charge in [0.05, 0.1) is 11.8 Å². The highest BCUT2D eigenvalue weighted by Crippen LogP contribution is 2.07. The van der Waals surface area contributed by atoms with E-state index in [1.165, 1.54) is 11.2 Å². The zero-order valence-corrected chi connectivity index (χ0v) is 10.0. The van der Waals surface area contributed by atoms with Gasteiger partial charge >= 0.3 is 0 Å². The van der Waals surface area contributed by atoms with Crippen molar-refractivity contribution in [1.82, 2.24) is 10.2 Å². The third kappa shape index (κ3) is 4.17. The minimum Gasteiger partial charge on any atom is -0.343 e. The summed E-state index contributed by atoms with van der Waals surface area (Å²) >= 11 is 0. The maximum absolute atomic E-state index is 11.7. The van der Waals surface area contributed by atoms with Crippen LogP contribution in [0.15, 0.2) is 0 Å². The second-order valence-corrected chi connectivity index (χ2v) is 6.30. The monoisotopic (exact) mass is 234 g/mol. The largest absolute Gasteiger partial charge is 0.343 e. The van der Waals surface area contributed by atoms with E-state index in [0.29, 0.717) is 0 Å². The van der Waals surface area contributed by atoms with E-state index < -0.39 is 9.84 Å². The lowest BCUT2D eigenvalue weighted by molar-refractivity contribution is -0.131. The van der Waals surface area contributed by atoms with Gasteiger partial charge in [-0.15, -0.1) is 0 Å². The van der Waals surface area contributed by atoms with Gasteiger partial charge in [-0.2, -0.15) is 0 Å². The number of likely N-dealkylation sites (N-methyl/N-ethyl adjacent to an activating group) is 1. The van der Waals surface area contributed by atoms with Crippen LogP contribution < -0.4 is 5.32 Å². The Morgan fingerprint density at radius 3 is 2.67 bits per heavy atom. The lowest BCUT2D eigenvalue weighted by Crippen LogP contribution is -2.43. The molecule has 1 aliphatic heterocycles. The van der Waals surface area contributed by atoms with E-state index in [2.05, 4.69) is 5.32 Å². The molecule has 6 heteroatoms. The molecule has 1 fully saturated rings. The molecule has 0 spiro atoms. The molecule has 1 rings (SSSR count). The van der Waals surface area contributed by atoms with E-state index in [9.17, 15) is 13.2 Å². The molecule has 5 nitrogen and oxygen atoms in total. The fraction of sp³-hybridized carbons (Fsp3) is 0.889. The molecule has 1 unspecified atom stereocenters. The van der Waals surface area contributed by atoms with Crippen LogP contribution in [-0.4, -0.2) is 57.4 Å². The average Bonchev–Trinajstić information content (AvgIpc) is 2.64. The minimum absolute atomic E-state index is 0.00356. The summed E-state index contributed by atoms with van der Waals surface area (Å²) in [7, 11) is -1.34. The molecule has 0 saturated carbocycles. The first-order chi connectivity index (χ1) is 6.90. The van der Waals surface area contributed by atoms with Crippen molar-refractivity contribution in [2.75, 3.05) is 32.1 Å². The maximum Gasteiger partial charge on any atom is 0.239 e. The fourth-order valence-corrected chi connectivity index (χ4v) is 2.18. The van der Waals surface area contributed by atoms with E-state index in [1.54, 1.807) is 7.05 Å². The Labute approximate surface area is 90.7 Å². The van der Waals surface area contributed by atoms with Crippen molar-refractivity contribution in [3.05, 3.63) is 0 Å². The van der Waals surface area contributed by atoms with Crippen molar-refractivity contribution in [1.29, 1.82) is 0 Å². The predicted molar refractivity (Wildman–Crippen MR) is 58.4 cm³/mol. The second-order valence-electron chi connectivity index (χ2n) is 4.04. The smallest absolute Gasteiger partial charge is 0.239 e. The summed E-state index contributed by atoms with van der Waals surface area (Å²) in [5.41, 5.74) is 0. The van der Waals surface area contributed by atoms with Gasteiger partial charge in [-0.1, -0.05) is 0 Å². The molecule has 0 aromatic carbocycles. The fourth-order valence-electron chi connectivity index (χ4n) is 1.57. The van der Waals surface area contributed by atoms with Crippen LogP contribution in [-0.2, 0) is 14.6 Å². The van der Waals surface area contributed by atoms with E-state index >= 15 is 0 Å². The van der Waals surface area contributed by atoms with E-state index in [4.69, 9.17) is 0 Å². The lowest BCUT2D eigenvalue weighted by Gasteiger charge is -2.20. The lowest BCUT2D eigenvalue weighted by atomic mass is 10.2. The SMILES string of the molecule is CN(CCS(C)(=O)=O)C(=O)C1CCCN1. The Kier molecular flexibility index (Phi) is 4.10. The molecule has 0 aromatic heterocycles. The molecule has 1 amide bonds. The summed E-state index contributed by atoms with van der Waals surface area (Å²) in [5, 5.41) is 3.09. The van der Waals surface area contributed by atoms with Crippen LogP contribution in [0.2, 0.25) is 0 Å². The normalized spacial score (nSPS) is 21.6. The van der Waals surface area contributed by atoms with Gasteiger partial charge in [-0.25, -0.2) is 8.42 Å². The summed E-state index contributed by atoms with van der Waals surface area (Å²) in [5.74, 6) is 0.0262. The van der Waals surface area contributed by atoms with Crippen molar-refractivity contribution in [3.63, 3.8) is 0 Å². The highest BCUT2D eigenvalue weighted by atomic mass is 32.2. The molecule has 1 N–H and O–H groups in total. The van der Waals surface area contributed by atoms with Crippen LogP contribution in [0.5, 0.6) is 0 Å². The molecule has 15 heavy (non-hydrogen) atoms. The topological polar surface area (TPSA) is 66.5 Å². The predicted octanol–water partition coefficient (Wildman–Crippen LogP) is -0.759. The van der Waals surface area contributed by atoms with Crippen LogP contribution in [0.3, 0.4) is 0 Å². The Morgan fingerprint density at radius 2 is 2.20 bits per heavy atom. The molecule has 1 aliphatic rings. The number of nitrogens with zero attached hydrogens (tertiary/aromatic N) is 1. The molecule has 1 saturated heterocycles. The molecule has 0 aromatic rings. The molecular formula is C9H18N2O3S. The maximum atomic E-state index is 11.7. The average molecular weight is 234 g/mol. The van der Waals surface area contributed by atoms with Crippen LogP contribution in [0.4, 0.5) is 0 Å². The number of carbonyl (C=O) groups is 1. The first-order valence-electron chi connectivity index (χ1n) is 5.06. The van der Waals surface area contributed by atoms with Gasteiger partial charge in [-0.3, -0.25) is 4.79 Å². The number of hydrogen-bond acceptors (Lipinski definition) is 4. The van der Waals surface area contributed by atoms with Crippen molar-refractivity contribution < 1.29 is 13.2 Å². The highest BCUT2D eigenvalue weighted by molar-refractivity contribution is 7.90. The van der Waals surface area contributed by atoms with Gasteiger partial charge in [0.2, 0.25) is 5.91 Å². The number of rotatable bonds is 4. The molecule has 0 radical (unpaired) electrons. The van der Waals surface area contributed by atoms with Gasteiger partial charge in [0, 0.05) is 19.8 Å². The molecular weight excluding hydrogens is 216 g/mol. The first kappa shape index (κ1) is 12.4. The van der Waals surface area contributed by atoms with Crippen molar-refractivity contribution in [2.24, 2.45) is 0 Å². The summed E-state index contributed by atoms with van der Waals surface area (Å²) < 4.78 is 21.9. The number of amides is 1. The van der Waals surface area contributed by atoms with Gasteiger partial charge in [0.25, 0.3) is 0 Å². The third-order valence-corrected chi connectivity index (χ3v) is 3.46. The Bertz CT molecular complexity index is 320. The summed E-state index contributed by atoms with van der Waals surface area (Å²) in [6.07, 6.45) is 3.04. The number of hydrogen-bond donors (Lipinski definition) is 1. The summed E-state index contributed by atoms with van der Waals surface area (Å²) in [6.45, 7) is 1.15. The zero-order chi connectivity index (χ0) is 11.5. The molecule has 0 bridgehead atoms. The number of sulfone groups is 1. The van der Waals surface area contributed by atoms with Gasteiger partial charge in [-0.05, 0) is 19.4 Å². The van der Waals surface area contributed by atoms with Crippen molar-refractivity contribution >= 4 is 15.7 Å². The summed E-state index contributed by atoms with van der Waals surface area (Å²) in [6, 6.07) is -0.116. The third-order valence-electron chi connectivity index (χ3n) is 2.53. The van der Waals surface area contributed by atoms with Gasteiger partial charge in [0.15, 0.2) is 0 Å². The molecule has 1 heterocycles. The highest BCUT2D eigenvalue weighted by Gasteiger charge is 2.25. The quantitative estimate of drug-likeness (QED) is 0.694. The van der Waals surface area contributed by atoms with E-state index in [-0.39, 0.29) is 24.2 Å². The number of carbonyl (C=O) groups excluding carboxylic acids is 1. The second kappa shape index (κ2) is 4.94. The molecule has 1 atom stereocenters. The Balaban J connectivity index is 2.39. The van der Waals surface area contributed by atoms with E-state index in [0.717, 1.165) is 19.4 Å². The van der Waals surface area contributed by atoms with Crippen LogP contribution >= 0.6 is 0 Å². The van der Waals surface area contributed by atoms with Gasteiger partial charge in [0.1, 0.15) is 9.84 Å². The molecule has 0 aliphatic carbocycles. The Hall–Kier alpha value is -0.620. The Morgan fingerprint density at radius 1 is 1.53 bits per heavy atom. The summed E-state index contributed by atoms with van der Waals surface area (Å²) in [4.78, 5) is 13.2. The number of nitrogens with one attached hydrogen (secondary N) is 1. The van der Waals surface area contributed by atoms with Crippen LogP contribution in [0, 0.1) is 0 Å². The van der Waals surface area contributed by atoms with Gasteiger partial charge < -0.3 is 10.2 Å². The standard InChI is InChI=1S/C9H18N2O3S/c1-11(6-7-15(2,13)14)9(12)8-4-3-5-10-8/h8,10H,3-7H2,1-2H3. The zero-order valence-electron chi connectivity index (χ0n) is 9.19. The first-order valence-corrected chi connectivity index (χ1v) is 7.12. The van der Waals surface area contributed by atoms with Crippen molar-refractivity contribution in [3.8, 4) is 0 Å². The van der Waals surface area contributed by atoms with Crippen LogP contribution in [0.1, 0.15) is 12.8 Å². The minimum atomic E-state index is -2.99. The van der Waals surface area contributed by atoms with Crippen molar-refractivity contribution in [2.45, 2.75) is 18.9 Å². The van der Waals surface area contributed by atoms with E-state index in [1.807, 2.05) is 0 Å². The van der Waals surface area contributed by atoms with Crippen LogP contribution in [0.25, 0.3) is 0 Å². The molecule has 88 valence electrons.